The van der Waals surface area contributed by atoms with E-state index in [2.05, 4.69) is 27.0 Å². The summed E-state index contributed by atoms with van der Waals surface area (Å²) in [6, 6.07) is 14.4. The summed E-state index contributed by atoms with van der Waals surface area (Å²) in [5.74, 6) is 1.94. The van der Waals surface area contributed by atoms with Crippen LogP contribution in [0.1, 0.15) is 37.9 Å². The van der Waals surface area contributed by atoms with E-state index in [1.165, 1.54) is 6.07 Å². The number of anilines is 2. The molecule has 5 rings (SSSR count). The molecule has 0 saturated carbocycles. The molecular formula is C31H37FN6O2. The average Bonchev–Trinajstić information content (AvgIpc) is 3.24. The number of aryl methyl sites for hydroxylation is 1. The van der Waals surface area contributed by atoms with Crippen LogP contribution in [-0.4, -0.2) is 69.4 Å². The Morgan fingerprint density at radius 3 is 2.52 bits per heavy atom. The van der Waals surface area contributed by atoms with Gasteiger partial charge in [-0.25, -0.2) is 9.37 Å². The first kappa shape index (κ1) is 27.7. The molecule has 1 N–H and O–H groups in total. The van der Waals surface area contributed by atoms with E-state index in [0.29, 0.717) is 35.2 Å². The van der Waals surface area contributed by atoms with Gasteiger partial charge in [0.1, 0.15) is 17.3 Å². The molecule has 1 aliphatic heterocycles. The molecule has 40 heavy (non-hydrogen) atoms. The van der Waals surface area contributed by atoms with E-state index < -0.39 is 0 Å². The number of aromatic nitrogens is 3. The van der Waals surface area contributed by atoms with Gasteiger partial charge in [0.25, 0.3) is 0 Å². The van der Waals surface area contributed by atoms with E-state index in [1.807, 2.05) is 55.8 Å². The summed E-state index contributed by atoms with van der Waals surface area (Å²) >= 11 is 0. The normalized spacial score (nSPS) is 14.7. The molecule has 3 heterocycles. The fourth-order valence-corrected chi connectivity index (χ4v) is 5.07. The third-order valence-corrected chi connectivity index (χ3v) is 7.44. The number of carbonyl (C=O) groups is 1. The number of benzene rings is 2. The molecule has 2 aromatic heterocycles. The highest BCUT2D eigenvalue weighted by molar-refractivity contribution is 5.83. The van der Waals surface area contributed by atoms with Crippen molar-refractivity contribution in [1.29, 1.82) is 0 Å². The lowest BCUT2D eigenvalue weighted by molar-refractivity contribution is -0.120. The molecule has 0 bridgehead atoms. The van der Waals surface area contributed by atoms with Crippen LogP contribution in [0.25, 0.3) is 11.0 Å². The van der Waals surface area contributed by atoms with Crippen molar-refractivity contribution in [2.75, 3.05) is 44.6 Å². The van der Waals surface area contributed by atoms with E-state index in [9.17, 15) is 9.18 Å². The number of hydrogen-bond acceptors (Lipinski definition) is 7. The van der Waals surface area contributed by atoms with Crippen molar-refractivity contribution in [3.63, 3.8) is 0 Å². The number of ketones is 1. The molecule has 2 aromatic carbocycles. The Kier molecular flexibility index (Phi) is 8.42. The fourth-order valence-electron chi connectivity index (χ4n) is 5.07. The predicted octanol–water partition coefficient (Wildman–Crippen LogP) is 5.52. The van der Waals surface area contributed by atoms with E-state index >= 15 is 0 Å². The fraction of sp³-hybridized carbons (Fsp3) is 0.387. The third kappa shape index (κ3) is 6.48. The summed E-state index contributed by atoms with van der Waals surface area (Å²) in [6.07, 6.45) is 1.95. The van der Waals surface area contributed by atoms with Crippen LogP contribution in [0.2, 0.25) is 0 Å². The van der Waals surface area contributed by atoms with Gasteiger partial charge in [-0.15, -0.1) is 0 Å². The number of nitrogens with one attached hydrogen (secondary N) is 1. The molecule has 4 aromatic rings. The Morgan fingerprint density at radius 1 is 1.02 bits per heavy atom. The topological polar surface area (TPSA) is 75.5 Å². The number of ether oxygens (including phenoxy) is 1. The monoisotopic (exact) mass is 544 g/mol. The molecule has 210 valence electrons. The number of piperazine rings is 1. The zero-order valence-corrected chi connectivity index (χ0v) is 23.7. The number of carbonyl (C=O) groups excluding carboxylic acids is 1. The number of Topliss-reactive ketones (excluding diaryl/α,β-unsaturated/α-hetero) is 1. The van der Waals surface area contributed by atoms with Gasteiger partial charge >= 0.3 is 0 Å². The second kappa shape index (κ2) is 12.1. The second-order valence-electron chi connectivity index (χ2n) is 10.7. The predicted molar refractivity (Wildman–Crippen MR) is 156 cm³/mol. The van der Waals surface area contributed by atoms with Crippen LogP contribution in [-0.2, 0) is 18.3 Å². The zero-order chi connectivity index (χ0) is 28.2. The third-order valence-electron chi connectivity index (χ3n) is 7.44. The summed E-state index contributed by atoms with van der Waals surface area (Å²) in [7, 11) is 1.93. The molecule has 0 amide bonds. The highest BCUT2D eigenvalue weighted by Crippen LogP contribution is 2.29. The van der Waals surface area contributed by atoms with Gasteiger partial charge in [0, 0.05) is 57.2 Å². The standard InChI is InChI=1S/C31H37FN6O2/c1-5-37-12-14-38(15-13-37)20-24(39)16-23-17-26(10-11-33-23)40-25-7-9-30-29(19-25)35-31(36(30)4)34-22-6-8-28(32)27(18-22)21(2)3/h6-11,17-19,21H,5,12-16,20H2,1-4H3,(H,34,35). The van der Waals surface area contributed by atoms with E-state index in [0.717, 1.165) is 49.4 Å². The van der Waals surface area contributed by atoms with Crippen molar-refractivity contribution in [2.24, 2.45) is 7.05 Å². The van der Waals surface area contributed by atoms with Crippen molar-refractivity contribution in [1.82, 2.24) is 24.3 Å². The number of imidazole rings is 1. The van der Waals surface area contributed by atoms with Crippen LogP contribution in [0.3, 0.4) is 0 Å². The minimum absolute atomic E-state index is 0.0791. The first-order chi connectivity index (χ1) is 19.3. The van der Waals surface area contributed by atoms with Crippen LogP contribution in [0, 0.1) is 5.82 Å². The molecule has 0 aliphatic carbocycles. The Labute approximate surface area is 234 Å². The molecule has 1 aliphatic rings. The number of likely N-dealkylation sites (N-methyl/N-ethyl adjacent to an activating group) is 1. The number of rotatable bonds is 10. The molecule has 0 spiro atoms. The largest absolute Gasteiger partial charge is 0.457 e. The lowest BCUT2D eigenvalue weighted by Gasteiger charge is -2.33. The van der Waals surface area contributed by atoms with Crippen LogP contribution in [0.15, 0.2) is 54.7 Å². The Bertz CT molecular complexity index is 1490. The average molecular weight is 545 g/mol. The zero-order valence-electron chi connectivity index (χ0n) is 23.7. The van der Waals surface area contributed by atoms with Crippen molar-refractivity contribution in [2.45, 2.75) is 33.1 Å². The number of hydrogen-bond donors (Lipinski definition) is 1. The minimum Gasteiger partial charge on any atom is -0.457 e. The van der Waals surface area contributed by atoms with Crippen molar-refractivity contribution in [3.05, 3.63) is 71.8 Å². The molecule has 0 atom stereocenters. The van der Waals surface area contributed by atoms with Crippen molar-refractivity contribution < 1.29 is 13.9 Å². The van der Waals surface area contributed by atoms with Crippen LogP contribution >= 0.6 is 0 Å². The first-order valence-electron chi connectivity index (χ1n) is 13.9. The molecule has 9 heteroatoms. The maximum absolute atomic E-state index is 14.1. The molecule has 1 fully saturated rings. The van der Waals surface area contributed by atoms with Gasteiger partial charge in [-0.2, -0.15) is 0 Å². The number of nitrogens with zero attached hydrogens (tertiary/aromatic N) is 5. The Hall–Kier alpha value is -3.82. The van der Waals surface area contributed by atoms with Gasteiger partial charge in [0.05, 0.1) is 29.7 Å². The lowest BCUT2D eigenvalue weighted by atomic mass is 10.0. The molecular weight excluding hydrogens is 507 g/mol. The van der Waals surface area contributed by atoms with Gasteiger partial charge in [0.15, 0.2) is 5.78 Å². The van der Waals surface area contributed by atoms with E-state index in [4.69, 9.17) is 9.72 Å². The molecule has 8 nitrogen and oxygen atoms in total. The Morgan fingerprint density at radius 2 is 1.77 bits per heavy atom. The van der Waals surface area contributed by atoms with E-state index in [-0.39, 0.29) is 23.9 Å². The Balaban J connectivity index is 1.24. The smallest absolute Gasteiger partial charge is 0.208 e. The summed E-state index contributed by atoms with van der Waals surface area (Å²) in [5.41, 5.74) is 3.83. The van der Waals surface area contributed by atoms with Crippen LogP contribution < -0.4 is 10.1 Å². The SMILES string of the molecule is CCN1CCN(CC(=O)Cc2cc(Oc3ccc4c(c3)nc(Nc3ccc(F)c(C(C)C)c3)n4C)ccn2)CC1. The van der Waals surface area contributed by atoms with Crippen LogP contribution in [0.4, 0.5) is 16.0 Å². The minimum atomic E-state index is -0.207. The number of pyridine rings is 1. The van der Waals surface area contributed by atoms with Crippen molar-refractivity contribution >= 4 is 28.5 Å². The van der Waals surface area contributed by atoms with Gasteiger partial charge in [-0.3, -0.25) is 14.7 Å². The van der Waals surface area contributed by atoms with E-state index in [1.54, 1.807) is 18.3 Å². The highest BCUT2D eigenvalue weighted by Gasteiger charge is 2.18. The number of halogens is 1. The van der Waals surface area contributed by atoms with Gasteiger partial charge < -0.3 is 19.5 Å². The summed E-state index contributed by atoms with van der Waals surface area (Å²) in [4.78, 5) is 26.5. The quantitative estimate of drug-likeness (QED) is 0.282. The first-order valence-corrected chi connectivity index (χ1v) is 13.9. The lowest BCUT2D eigenvalue weighted by Crippen LogP contribution is -2.47. The van der Waals surface area contributed by atoms with Gasteiger partial charge in [0.2, 0.25) is 5.95 Å². The summed E-state index contributed by atoms with van der Waals surface area (Å²) in [6.45, 7) is 11.5. The highest BCUT2D eigenvalue weighted by atomic mass is 19.1. The second-order valence-corrected chi connectivity index (χ2v) is 10.7. The maximum atomic E-state index is 14.1. The summed E-state index contributed by atoms with van der Waals surface area (Å²) < 4.78 is 22.2. The van der Waals surface area contributed by atoms with Crippen molar-refractivity contribution in [3.8, 4) is 11.5 Å². The molecule has 0 unspecified atom stereocenters. The summed E-state index contributed by atoms with van der Waals surface area (Å²) in [5, 5.41) is 3.31. The number of fused-ring (bicyclic) bond motifs is 1. The molecule has 0 radical (unpaired) electrons. The molecule has 1 saturated heterocycles. The van der Waals surface area contributed by atoms with Gasteiger partial charge in [-0.1, -0.05) is 20.8 Å². The maximum Gasteiger partial charge on any atom is 0.208 e. The van der Waals surface area contributed by atoms with Gasteiger partial charge in [-0.05, 0) is 54.4 Å². The van der Waals surface area contributed by atoms with Crippen LogP contribution in [0.5, 0.6) is 11.5 Å².